The van der Waals surface area contributed by atoms with Crippen LogP contribution in [0.5, 0.6) is 0 Å². The number of nitrogens with one attached hydrogen (secondary N) is 1. The molecule has 0 atom stereocenters. The predicted octanol–water partition coefficient (Wildman–Crippen LogP) is 2.30. The van der Waals surface area contributed by atoms with Crippen LogP contribution in [0.25, 0.3) is 0 Å². The Labute approximate surface area is 143 Å². The summed E-state index contributed by atoms with van der Waals surface area (Å²) in [6.45, 7) is 0.442. The molecule has 2 heterocycles. The molecule has 0 fully saturated rings. The lowest BCUT2D eigenvalue weighted by atomic mass is 10.1. The monoisotopic (exact) mass is 370 g/mol. The highest BCUT2D eigenvalue weighted by molar-refractivity contribution is 7.92. The first-order valence-corrected chi connectivity index (χ1v) is 8.95. The highest BCUT2D eigenvalue weighted by Crippen LogP contribution is 2.31. The zero-order chi connectivity index (χ0) is 18.4. The summed E-state index contributed by atoms with van der Waals surface area (Å²) in [6.07, 6.45) is 1.42. The normalized spacial score (nSPS) is 14.0. The highest BCUT2D eigenvalue weighted by Gasteiger charge is 2.25. The Morgan fingerprint density at radius 3 is 2.68 bits per heavy atom. The molecule has 0 saturated heterocycles. The number of amides is 1. The average Bonchev–Trinajstić information content (AvgIpc) is 3.10. The molecule has 2 aromatic rings. The van der Waals surface area contributed by atoms with E-state index in [1.807, 2.05) is 0 Å². The largest absolute Gasteiger partial charge is 0.333 e. The number of carbonyl (C=O) groups is 1. The molecule has 0 bridgehead atoms. The minimum absolute atomic E-state index is 0.0169. The summed E-state index contributed by atoms with van der Waals surface area (Å²) in [5.41, 5.74) is 1.87. The summed E-state index contributed by atoms with van der Waals surface area (Å²) in [5.74, 6) is -0.0814. The fourth-order valence-corrected chi connectivity index (χ4v) is 4.05. The lowest BCUT2D eigenvalue weighted by Gasteiger charge is -2.15. The summed E-state index contributed by atoms with van der Waals surface area (Å²) >= 11 is 0. The Kier molecular flexibility index (Phi) is 4.23. The van der Waals surface area contributed by atoms with Crippen molar-refractivity contribution in [3.05, 3.63) is 35.7 Å². The van der Waals surface area contributed by atoms with Gasteiger partial charge in [0.15, 0.2) is 0 Å². The number of rotatable bonds is 4. The van der Waals surface area contributed by atoms with Crippen LogP contribution in [0.2, 0.25) is 0 Å². The third-order valence-electron chi connectivity index (χ3n) is 3.97. The van der Waals surface area contributed by atoms with Gasteiger partial charge in [0.2, 0.25) is 5.91 Å². The predicted molar refractivity (Wildman–Crippen MR) is 87.2 cm³/mol. The van der Waals surface area contributed by atoms with Crippen molar-refractivity contribution in [3.63, 3.8) is 0 Å². The SMILES string of the molecule is CC(=O)N1CCc2cc(NS(=O)(=O)c3cn(C(F)F)nc3C)ccc21. The number of benzene rings is 1. The molecule has 1 aromatic carbocycles. The van der Waals surface area contributed by atoms with E-state index in [1.165, 1.54) is 19.9 Å². The van der Waals surface area contributed by atoms with Gasteiger partial charge < -0.3 is 4.90 Å². The van der Waals surface area contributed by atoms with Crippen LogP contribution in [-0.2, 0) is 21.2 Å². The van der Waals surface area contributed by atoms with Gasteiger partial charge in [-0.15, -0.1) is 0 Å². The van der Waals surface area contributed by atoms with Gasteiger partial charge in [-0.25, -0.2) is 13.1 Å². The second-order valence-electron chi connectivity index (χ2n) is 5.71. The first-order valence-electron chi connectivity index (χ1n) is 7.47. The first-order chi connectivity index (χ1) is 11.7. The van der Waals surface area contributed by atoms with Crippen LogP contribution in [-0.4, -0.2) is 30.7 Å². The van der Waals surface area contributed by atoms with Gasteiger partial charge >= 0.3 is 6.55 Å². The van der Waals surface area contributed by atoms with Gasteiger partial charge in [0.25, 0.3) is 10.0 Å². The maximum absolute atomic E-state index is 12.7. The van der Waals surface area contributed by atoms with Crippen LogP contribution >= 0.6 is 0 Å². The Hall–Kier alpha value is -2.49. The van der Waals surface area contributed by atoms with Crippen molar-refractivity contribution in [2.75, 3.05) is 16.2 Å². The van der Waals surface area contributed by atoms with Crippen molar-refractivity contribution in [1.82, 2.24) is 9.78 Å². The number of aryl methyl sites for hydroxylation is 1. The molecule has 7 nitrogen and oxygen atoms in total. The Bertz CT molecular complexity index is 940. The van der Waals surface area contributed by atoms with Crippen LogP contribution in [0.15, 0.2) is 29.3 Å². The van der Waals surface area contributed by atoms with Gasteiger partial charge in [0, 0.05) is 24.8 Å². The quantitative estimate of drug-likeness (QED) is 0.895. The van der Waals surface area contributed by atoms with Gasteiger partial charge in [-0.05, 0) is 37.1 Å². The Balaban J connectivity index is 1.89. The molecule has 1 amide bonds. The number of fused-ring (bicyclic) bond motifs is 1. The Morgan fingerprint density at radius 1 is 1.36 bits per heavy atom. The molecule has 0 radical (unpaired) electrons. The molecule has 0 unspecified atom stereocenters. The third-order valence-corrected chi connectivity index (χ3v) is 5.45. The van der Waals surface area contributed by atoms with Crippen molar-refractivity contribution in [1.29, 1.82) is 0 Å². The molecular formula is C15H16F2N4O3S. The van der Waals surface area contributed by atoms with Crippen LogP contribution in [0.3, 0.4) is 0 Å². The zero-order valence-electron chi connectivity index (χ0n) is 13.5. The lowest BCUT2D eigenvalue weighted by Crippen LogP contribution is -2.25. The molecule has 134 valence electrons. The maximum Gasteiger partial charge on any atom is 0.333 e. The van der Waals surface area contributed by atoms with Gasteiger partial charge in [-0.3, -0.25) is 9.52 Å². The fourth-order valence-electron chi connectivity index (χ4n) is 2.83. The molecule has 0 saturated carbocycles. The topological polar surface area (TPSA) is 84.3 Å². The number of hydrogen-bond acceptors (Lipinski definition) is 4. The van der Waals surface area contributed by atoms with E-state index in [-0.39, 0.29) is 16.5 Å². The standard InChI is InChI=1S/C15H16F2N4O3S/c1-9-14(8-21(18-9)15(16)17)25(23,24)19-12-3-4-13-11(7-12)5-6-20(13)10(2)22/h3-4,7-8,15,19H,5-6H2,1-2H3. The van der Waals surface area contributed by atoms with Crippen molar-refractivity contribution in [3.8, 4) is 0 Å². The van der Waals surface area contributed by atoms with Crippen molar-refractivity contribution < 1.29 is 22.0 Å². The van der Waals surface area contributed by atoms with Crippen LogP contribution in [0.4, 0.5) is 20.2 Å². The molecule has 1 aromatic heterocycles. The van der Waals surface area contributed by atoms with Gasteiger partial charge in [-0.2, -0.15) is 13.9 Å². The summed E-state index contributed by atoms with van der Waals surface area (Å²) in [4.78, 5) is 12.9. The maximum atomic E-state index is 12.7. The number of sulfonamides is 1. The van der Waals surface area contributed by atoms with E-state index in [1.54, 1.807) is 17.0 Å². The number of nitrogens with zero attached hydrogens (tertiary/aromatic N) is 3. The van der Waals surface area contributed by atoms with E-state index in [0.717, 1.165) is 17.4 Å². The number of hydrogen-bond donors (Lipinski definition) is 1. The van der Waals surface area contributed by atoms with Crippen molar-refractivity contribution >= 4 is 27.3 Å². The second kappa shape index (κ2) is 6.10. The van der Waals surface area contributed by atoms with E-state index >= 15 is 0 Å². The van der Waals surface area contributed by atoms with E-state index < -0.39 is 16.6 Å². The molecule has 25 heavy (non-hydrogen) atoms. The smallest absolute Gasteiger partial charge is 0.312 e. The van der Waals surface area contributed by atoms with Crippen LogP contribution in [0, 0.1) is 6.92 Å². The van der Waals surface area contributed by atoms with Crippen LogP contribution < -0.4 is 9.62 Å². The molecule has 10 heteroatoms. The van der Waals surface area contributed by atoms with Crippen LogP contribution in [0.1, 0.15) is 24.7 Å². The Morgan fingerprint density at radius 2 is 2.08 bits per heavy atom. The molecule has 1 N–H and O–H groups in total. The summed E-state index contributed by atoms with van der Waals surface area (Å²) in [5, 5.41) is 3.51. The highest BCUT2D eigenvalue weighted by atomic mass is 32.2. The molecule has 0 aliphatic carbocycles. The van der Waals surface area contributed by atoms with Crippen molar-refractivity contribution in [2.24, 2.45) is 0 Å². The molecule has 1 aliphatic rings. The van der Waals surface area contributed by atoms with Crippen molar-refractivity contribution in [2.45, 2.75) is 31.7 Å². The van der Waals surface area contributed by atoms with E-state index in [4.69, 9.17) is 0 Å². The number of aromatic nitrogens is 2. The van der Waals surface area contributed by atoms with E-state index in [2.05, 4.69) is 9.82 Å². The number of carbonyl (C=O) groups excluding carboxylic acids is 1. The second-order valence-corrected chi connectivity index (χ2v) is 7.36. The minimum atomic E-state index is -4.05. The molecule has 0 spiro atoms. The van der Waals surface area contributed by atoms with Gasteiger partial charge in [-0.1, -0.05) is 0 Å². The molecular weight excluding hydrogens is 354 g/mol. The average molecular weight is 370 g/mol. The summed E-state index contributed by atoms with van der Waals surface area (Å²) in [6, 6.07) is 4.84. The summed E-state index contributed by atoms with van der Waals surface area (Å²) < 4.78 is 53.0. The van der Waals surface area contributed by atoms with E-state index in [0.29, 0.717) is 23.3 Å². The van der Waals surface area contributed by atoms with E-state index in [9.17, 15) is 22.0 Å². The first kappa shape index (κ1) is 17.3. The number of alkyl halides is 2. The van der Waals surface area contributed by atoms with Gasteiger partial charge in [0.1, 0.15) is 4.90 Å². The number of halogens is 2. The van der Waals surface area contributed by atoms with Gasteiger partial charge in [0.05, 0.1) is 11.9 Å². The lowest BCUT2D eigenvalue weighted by molar-refractivity contribution is -0.116. The molecule has 1 aliphatic heterocycles. The summed E-state index contributed by atoms with van der Waals surface area (Å²) in [7, 11) is -4.05. The fraction of sp³-hybridized carbons (Fsp3) is 0.333. The molecule has 3 rings (SSSR count). The minimum Gasteiger partial charge on any atom is -0.312 e. The number of anilines is 2. The zero-order valence-corrected chi connectivity index (χ0v) is 14.3. The third kappa shape index (κ3) is 3.21.